The third-order valence-corrected chi connectivity index (χ3v) is 5.39. The van der Waals surface area contributed by atoms with Crippen molar-refractivity contribution in [3.63, 3.8) is 0 Å². The molecule has 0 saturated carbocycles. The summed E-state index contributed by atoms with van der Waals surface area (Å²) in [5, 5.41) is 14.5. The van der Waals surface area contributed by atoms with Crippen molar-refractivity contribution in [2.75, 3.05) is 11.1 Å². The molecule has 1 heterocycles. The second-order valence-electron chi connectivity index (χ2n) is 6.47. The zero-order chi connectivity index (χ0) is 20.1. The first-order valence-corrected chi connectivity index (χ1v) is 10.2. The minimum atomic E-state index is -0.0836. The van der Waals surface area contributed by atoms with Gasteiger partial charge in [-0.05, 0) is 22.9 Å². The number of rotatable bonds is 7. The summed E-state index contributed by atoms with van der Waals surface area (Å²) in [6.07, 6.45) is 1.80. The summed E-state index contributed by atoms with van der Waals surface area (Å²) in [4.78, 5) is 12.5. The van der Waals surface area contributed by atoms with Crippen LogP contribution in [0.2, 0.25) is 0 Å². The highest BCUT2D eigenvalue weighted by atomic mass is 32.2. The zero-order valence-electron chi connectivity index (χ0n) is 15.8. The fourth-order valence-electron chi connectivity index (χ4n) is 3.08. The van der Waals surface area contributed by atoms with E-state index in [-0.39, 0.29) is 11.7 Å². The van der Waals surface area contributed by atoms with Crippen molar-refractivity contribution in [2.24, 2.45) is 0 Å². The highest BCUT2D eigenvalue weighted by Crippen LogP contribution is 2.24. The minimum Gasteiger partial charge on any atom is -0.325 e. The quantitative estimate of drug-likeness (QED) is 0.350. The van der Waals surface area contributed by atoms with Crippen LogP contribution in [0.5, 0.6) is 0 Å². The first kappa shape index (κ1) is 19.0. The largest absolute Gasteiger partial charge is 0.325 e. The first-order chi connectivity index (χ1) is 14.2. The standard InChI is InChI=1S/C23H20N4OS/c1-2-14-27-22(18-9-4-3-5-10-18)25-26-23(27)29-16-21(28)24-20-13-12-17-8-6-7-11-19(17)15-20/h2-13,15H,1,14,16H2,(H,24,28). The van der Waals surface area contributed by atoms with Crippen LogP contribution < -0.4 is 5.32 Å². The van der Waals surface area contributed by atoms with Gasteiger partial charge in [0.1, 0.15) is 0 Å². The molecule has 0 fully saturated rings. The van der Waals surface area contributed by atoms with Gasteiger partial charge in [0.15, 0.2) is 11.0 Å². The maximum Gasteiger partial charge on any atom is 0.234 e. The van der Waals surface area contributed by atoms with Crippen molar-refractivity contribution in [1.29, 1.82) is 0 Å². The Hall–Kier alpha value is -3.38. The summed E-state index contributed by atoms with van der Waals surface area (Å²) < 4.78 is 1.97. The molecule has 3 aromatic carbocycles. The first-order valence-electron chi connectivity index (χ1n) is 9.25. The molecule has 0 atom stereocenters. The number of hydrogen-bond acceptors (Lipinski definition) is 4. The van der Waals surface area contributed by atoms with E-state index in [1.807, 2.05) is 77.4 Å². The normalized spacial score (nSPS) is 10.8. The van der Waals surface area contributed by atoms with Gasteiger partial charge in [-0.1, -0.05) is 78.5 Å². The second kappa shape index (κ2) is 8.75. The third-order valence-electron chi connectivity index (χ3n) is 4.43. The maximum atomic E-state index is 12.5. The maximum absolute atomic E-state index is 12.5. The number of fused-ring (bicyclic) bond motifs is 1. The molecule has 0 bridgehead atoms. The smallest absolute Gasteiger partial charge is 0.234 e. The molecule has 29 heavy (non-hydrogen) atoms. The molecular formula is C23H20N4OS. The number of allylic oxidation sites excluding steroid dienone is 1. The van der Waals surface area contributed by atoms with Crippen LogP contribution in [0.25, 0.3) is 22.2 Å². The number of aromatic nitrogens is 3. The Morgan fingerprint density at radius 2 is 1.76 bits per heavy atom. The van der Waals surface area contributed by atoms with Gasteiger partial charge < -0.3 is 5.32 Å². The van der Waals surface area contributed by atoms with Crippen molar-refractivity contribution in [1.82, 2.24) is 14.8 Å². The van der Waals surface area contributed by atoms with E-state index in [9.17, 15) is 4.79 Å². The number of anilines is 1. The summed E-state index contributed by atoms with van der Waals surface area (Å²) >= 11 is 1.36. The summed E-state index contributed by atoms with van der Waals surface area (Å²) in [5.74, 6) is 0.930. The van der Waals surface area contributed by atoms with E-state index in [0.717, 1.165) is 27.8 Å². The van der Waals surface area contributed by atoms with Gasteiger partial charge in [0.05, 0.1) is 5.75 Å². The van der Waals surface area contributed by atoms with Crippen molar-refractivity contribution in [3.8, 4) is 11.4 Å². The third kappa shape index (κ3) is 4.38. The fourth-order valence-corrected chi connectivity index (χ4v) is 3.83. The highest BCUT2D eigenvalue weighted by molar-refractivity contribution is 7.99. The van der Waals surface area contributed by atoms with Gasteiger partial charge in [-0.25, -0.2) is 0 Å². The number of thioether (sulfide) groups is 1. The van der Waals surface area contributed by atoms with E-state index in [0.29, 0.717) is 11.7 Å². The molecule has 5 nitrogen and oxygen atoms in total. The molecule has 1 N–H and O–H groups in total. The van der Waals surface area contributed by atoms with Crippen LogP contribution in [-0.4, -0.2) is 26.4 Å². The van der Waals surface area contributed by atoms with Crippen molar-refractivity contribution in [2.45, 2.75) is 11.7 Å². The van der Waals surface area contributed by atoms with Gasteiger partial charge >= 0.3 is 0 Å². The minimum absolute atomic E-state index is 0.0836. The number of hydrogen-bond donors (Lipinski definition) is 1. The molecule has 0 aliphatic heterocycles. The lowest BCUT2D eigenvalue weighted by molar-refractivity contribution is -0.113. The molecule has 0 unspecified atom stereocenters. The number of amides is 1. The van der Waals surface area contributed by atoms with Crippen LogP contribution in [0.3, 0.4) is 0 Å². The molecule has 1 aromatic heterocycles. The Morgan fingerprint density at radius 3 is 2.55 bits per heavy atom. The Morgan fingerprint density at radius 1 is 1.00 bits per heavy atom. The number of carbonyl (C=O) groups is 1. The average Bonchev–Trinajstić information content (AvgIpc) is 3.16. The van der Waals surface area contributed by atoms with Crippen LogP contribution in [0.4, 0.5) is 5.69 Å². The summed E-state index contributed by atoms with van der Waals surface area (Å²) in [6.45, 7) is 4.40. The van der Waals surface area contributed by atoms with Crippen molar-refractivity contribution < 1.29 is 4.79 Å². The predicted molar refractivity (Wildman–Crippen MR) is 119 cm³/mol. The van der Waals surface area contributed by atoms with Gasteiger partial charge in [0.25, 0.3) is 0 Å². The summed E-state index contributed by atoms with van der Waals surface area (Å²) in [7, 11) is 0. The number of nitrogens with one attached hydrogen (secondary N) is 1. The molecule has 6 heteroatoms. The number of nitrogens with zero attached hydrogens (tertiary/aromatic N) is 3. The highest BCUT2D eigenvalue weighted by Gasteiger charge is 2.15. The van der Waals surface area contributed by atoms with Crippen molar-refractivity contribution in [3.05, 3.63) is 85.5 Å². The molecule has 0 spiro atoms. The Balaban J connectivity index is 1.46. The van der Waals surface area contributed by atoms with E-state index < -0.39 is 0 Å². The van der Waals surface area contributed by atoms with E-state index in [1.54, 1.807) is 6.08 Å². The van der Waals surface area contributed by atoms with Gasteiger partial charge in [0, 0.05) is 17.8 Å². The van der Waals surface area contributed by atoms with E-state index in [1.165, 1.54) is 11.8 Å². The zero-order valence-corrected chi connectivity index (χ0v) is 16.6. The van der Waals surface area contributed by atoms with E-state index in [2.05, 4.69) is 22.1 Å². The molecule has 4 aromatic rings. The molecule has 1 amide bonds. The molecule has 4 rings (SSSR count). The molecule has 0 saturated heterocycles. The lowest BCUT2D eigenvalue weighted by Crippen LogP contribution is -2.14. The summed E-state index contributed by atoms with van der Waals surface area (Å²) in [5.41, 5.74) is 1.76. The Bertz CT molecular complexity index is 1150. The van der Waals surface area contributed by atoms with Gasteiger partial charge in [-0.3, -0.25) is 9.36 Å². The average molecular weight is 401 g/mol. The fraction of sp³-hybridized carbons (Fsp3) is 0.0870. The van der Waals surface area contributed by atoms with Gasteiger partial charge in [-0.2, -0.15) is 0 Å². The van der Waals surface area contributed by atoms with Crippen LogP contribution in [0, 0.1) is 0 Å². The van der Waals surface area contributed by atoms with E-state index >= 15 is 0 Å². The molecule has 0 radical (unpaired) electrons. The molecular weight excluding hydrogens is 380 g/mol. The van der Waals surface area contributed by atoms with Gasteiger partial charge in [0.2, 0.25) is 5.91 Å². The molecule has 0 aliphatic rings. The van der Waals surface area contributed by atoms with Crippen LogP contribution >= 0.6 is 11.8 Å². The van der Waals surface area contributed by atoms with Crippen LogP contribution in [-0.2, 0) is 11.3 Å². The SMILES string of the molecule is C=CCn1c(SCC(=O)Nc2ccc3ccccc3c2)nnc1-c1ccccc1. The molecule has 0 aliphatic carbocycles. The lowest BCUT2D eigenvalue weighted by atomic mass is 10.1. The molecule has 144 valence electrons. The number of benzene rings is 3. The van der Waals surface area contributed by atoms with Crippen molar-refractivity contribution >= 4 is 34.1 Å². The van der Waals surface area contributed by atoms with Crippen LogP contribution in [0.1, 0.15) is 0 Å². The lowest BCUT2D eigenvalue weighted by Gasteiger charge is -2.08. The monoisotopic (exact) mass is 400 g/mol. The summed E-state index contributed by atoms with van der Waals surface area (Å²) in [6, 6.07) is 23.8. The van der Waals surface area contributed by atoms with Gasteiger partial charge in [-0.15, -0.1) is 16.8 Å². The second-order valence-corrected chi connectivity index (χ2v) is 7.41. The van der Waals surface area contributed by atoms with Crippen LogP contribution in [0.15, 0.2) is 90.6 Å². The topological polar surface area (TPSA) is 59.8 Å². The Kier molecular flexibility index (Phi) is 5.72. The number of carbonyl (C=O) groups excluding carboxylic acids is 1. The predicted octanol–water partition coefficient (Wildman–Crippen LogP) is 5.02. The van der Waals surface area contributed by atoms with E-state index in [4.69, 9.17) is 0 Å². The Labute approximate surface area is 173 Å².